The predicted molar refractivity (Wildman–Crippen MR) is 106 cm³/mol. The second-order valence-corrected chi connectivity index (χ2v) is 6.25. The Morgan fingerprint density at radius 1 is 1.26 bits per heavy atom. The van der Waals surface area contributed by atoms with Gasteiger partial charge >= 0.3 is 0 Å². The Kier molecular flexibility index (Phi) is 5.54. The predicted octanol–water partition coefficient (Wildman–Crippen LogP) is 3.00. The number of halogens is 1. The zero-order valence-corrected chi connectivity index (χ0v) is 16.0. The molecule has 2 aromatic heterocycles. The first-order chi connectivity index (χ1) is 13.0. The maximum atomic E-state index is 9.77. The van der Waals surface area contributed by atoms with Crippen molar-refractivity contribution in [3.63, 3.8) is 0 Å². The fourth-order valence-electron chi connectivity index (χ4n) is 2.66. The Hall–Kier alpha value is -3.15. The molecule has 3 N–H and O–H groups in total. The molecule has 0 aliphatic rings. The minimum atomic E-state index is 0.359. The number of aromatic nitrogens is 4. The van der Waals surface area contributed by atoms with Crippen molar-refractivity contribution in [2.75, 3.05) is 24.7 Å². The molecule has 0 fully saturated rings. The molecule has 0 aliphatic heterocycles. The lowest BCUT2D eigenvalue weighted by Crippen LogP contribution is -2.06. The molecule has 8 nitrogen and oxygen atoms in total. The van der Waals surface area contributed by atoms with E-state index in [0.717, 1.165) is 11.3 Å². The van der Waals surface area contributed by atoms with Crippen molar-refractivity contribution in [3.8, 4) is 11.8 Å². The van der Waals surface area contributed by atoms with Crippen molar-refractivity contribution in [2.24, 2.45) is 0 Å². The lowest BCUT2D eigenvalue weighted by Gasteiger charge is -2.13. The number of nitriles is 1. The fraction of sp³-hybridized carbons (Fsp3) is 0.222. The molecule has 0 aliphatic carbocycles. The standard InChI is InChI=1S/C18H19ClN8/c1-11-6-16(22-3)26-18(24-11)25-15-5-4-14(19)17(13(15)7-20)27-10-12(8-21-2)9-23-27/h4-6,9-10,21H,8H2,1-3H3,(H2,22,24,25,26). The van der Waals surface area contributed by atoms with Crippen LogP contribution in [0.4, 0.5) is 17.5 Å². The number of aryl methyl sites for hydroxylation is 1. The Morgan fingerprint density at radius 3 is 2.78 bits per heavy atom. The molecule has 1 aromatic carbocycles. The average Bonchev–Trinajstić information content (AvgIpc) is 3.10. The highest BCUT2D eigenvalue weighted by Crippen LogP contribution is 2.31. The Morgan fingerprint density at radius 2 is 2.07 bits per heavy atom. The Bertz CT molecular complexity index is 1010. The molecule has 9 heteroatoms. The molecule has 138 valence electrons. The first-order valence-corrected chi connectivity index (χ1v) is 8.65. The van der Waals surface area contributed by atoms with Gasteiger partial charge in [-0.05, 0) is 26.1 Å². The molecule has 0 bridgehead atoms. The van der Waals surface area contributed by atoms with Gasteiger partial charge in [-0.2, -0.15) is 15.3 Å². The third-order valence-electron chi connectivity index (χ3n) is 3.84. The lowest BCUT2D eigenvalue weighted by molar-refractivity contribution is 0.816. The van der Waals surface area contributed by atoms with Crippen LogP contribution in [0, 0.1) is 18.3 Å². The SMILES string of the molecule is CNCc1cnn(-c2c(Cl)ccc(Nc3nc(C)cc(NC)n3)c2C#N)c1. The molecule has 0 saturated carbocycles. The highest BCUT2D eigenvalue weighted by Gasteiger charge is 2.16. The number of nitrogens with one attached hydrogen (secondary N) is 3. The van der Waals surface area contributed by atoms with Gasteiger partial charge in [0.2, 0.25) is 5.95 Å². The van der Waals surface area contributed by atoms with E-state index >= 15 is 0 Å². The third kappa shape index (κ3) is 4.00. The van der Waals surface area contributed by atoms with Crippen LogP contribution in [-0.2, 0) is 6.54 Å². The van der Waals surface area contributed by atoms with E-state index < -0.39 is 0 Å². The van der Waals surface area contributed by atoms with Crippen LogP contribution in [0.15, 0.2) is 30.6 Å². The van der Waals surface area contributed by atoms with Crippen LogP contribution in [0.3, 0.4) is 0 Å². The average molecular weight is 383 g/mol. The second-order valence-electron chi connectivity index (χ2n) is 5.85. The van der Waals surface area contributed by atoms with Crippen molar-refractivity contribution < 1.29 is 0 Å². The normalized spacial score (nSPS) is 10.5. The zero-order chi connectivity index (χ0) is 19.4. The first-order valence-electron chi connectivity index (χ1n) is 8.27. The van der Waals surface area contributed by atoms with Gasteiger partial charge in [-0.1, -0.05) is 11.6 Å². The molecule has 2 heterocycles. The van der Waals surface area contributed by atoms with Crippen LogP contribution in [-0.4, -0.2) is 33.8 Å². The van der Waals surface area contributed by atoms with E-state index in [9.17, 15) is 5.26 Å². The van der Waals surface area contributed by atoms with Gasteiger partial charge in [0.15, 0.2) is 0 Å². The van der Waals surface area contributed by atoms with Crippen LogP contribution in [0.25, 0.3) is 5.69 Å². The van der Waals surface area contributed by atoms with Gasteiger partial charge in [0.05, 0.1) is 16.9 Å². The van der Waals surface area contributed by atoms with Crippen LogP contribution in [0.1, 0.15) is 16.8 Å². The minimum Gasteiger partial charge on any atom is -0.373 e. The van der Waals surface area contributed by atoms with Gasteiger partial charge in [0.1, 0.15) is 23.1 Å². The monoisotopic (exact) mass is 382 g/mol. The van der Waals surface area contributed by atoms with Crippen molar-refractivity contribution in [3.05, 3.63) is 52.4 Å². The van der Waals surface area contributed by atoms with E-state index in [2.05, 4.69) is 37.1 Å². The van der Waals surface area contributed by atoms with Gasteiger partial charge in [-0.15, -0.1) is 0 Å². The van der Waals surface area contributed by atoms with E-state index in [4.69, 9.17) is 11.6 Å². The number of hydrogen-bond donors (Lipinski definition) is 3. The summed E-state index contributed by atoms with van der Waals surface area (Å²) in [4.78, 5) is 8.74. The fourth-order valence-corrected chi connectivity index (χ4v) is 2.90. The molecule has 3 rings (SSSR count). The summed E-state index contributed by atoms with van der Waals surface area (Å²) in [5, 5.41) is 23.7. The summed E-state index contributed by atoms with van der Waals surface area (Å²) in [5.74, 6) is 1.07. The Labute approximate surface area is 162 Å². The third-order valence-corrected chi connectivity index (χ3v) is 4.15. The minimum absolute atomic E-state index is 0.359. The van der Waals surface area contributed by atoms with Crippen LogP contribution in [0.5, 0.6) is 0 Å². The second kappa shape index (κ2) is 8.03. The van der Waals surface area contributed by atoms with Crippen LogP contribution >= 0.6 is 11.6 Å². The summed E-state index contributed by atoms with van der Waals surface area (Å²) in [6.07, 6.45) is 3.57. The lowest BCUT2D eigenvalue weighted by atomic mass is 10.1. The van der Waals surface area contributed by atoms with Gasteiger partial charge in [-0.3, -0.25) is 0 Å². The quantitative estimate of drug-likeness (QED) is 0.602. The molecule has 27 heavy (non-hydrogen) atoms. The maximum Gasteiger partial charge on any atom is 0.229 e. The van der Waals surface area contributed by atoms with Crippen LogP contribution < -0.4 is 16.0 Å². The zero-order valence-electron chi connectivity index (χ0n) is 15.2. The van der Waals surface area contributed by atoms with E-state index in [-0.39, 0.29) is 0 Å². The topological polar surface area (TPSA) is 103 Å². The molecule has 0 radical (unpaired) electrons. The van der Waals surface area contributed by atoms with E-state index in [1.54, 1.807) is 30.1 Å². The summed E-state index contributed by atoms with van der Waals surface area (Å²) in [6, 6.07) is 7.49. The summed E-state index contributed by atoms with van der Waals surface area (Å²) in [6.45, 7) is 2.54. The summed E-state index contributed by atoms with van der Waals surface area (Å²) < 4.78 is 1.61. The summed E-state index contributed by atoms with van der Waals surface area (Å²) in [7, 11) is 3.64. The molecule has 0 amide bonds. The molecular formula is C18H19ClN8. The number of hydrogen-bond acceptors (Lipinski definition) is 7. The molecule has 0 saturated heterocycles. The molecule has 0 spiro atoms. The van der Waals surface area contributed by atoms with Crippen molar-refractivity contribution in [1.29, 1.82) is 5.26 Å². The van der Waals surface area contributed by atoms with E-state index in [1.807, 2.05) is 26.2 Å². The van der Waals surface area contributed by atoms with Gasteiger partial charge in [-0.25, -0.2) is 9.67 Å². The van der Waals surface area contributed by atoms with Crippen molar-refractivity contribution in [1.82, 2.24) is 25.1 Å². The van der Waals surface area contributed by atoms with E-state index in [1.165, 1.54) is 0 Å². The smallest absolute Gasteiger partial charge is 0.229 e. The summed E-state index contributed by atoms with van der Waals surface area (Å²) >= 11 is 6.38. The van der Waals surface area contributed by atoms with Gasteiger partial charge in [0, 0.05) is 37.1 Å². The van der Waals surface area contributed by atoms with Gasteiger partial charge in [0.25, 0.3) is 0 Å². The Balaban J connectivity index is 2.05. The highest BCUT2D eigenvalue weighted by molar-refractivity contribution is 6.32. The first kappa shape index (κ1) is 18.6. The number of anilines is 3. The maximum absolute atomic E-state index is 9.77. The molecular weight excluding hydrogens is 364 g/mol. The molecule has 0 atom stereocenters. The molecule has 3 aromatic rings. The number of benzene rings is 1. The highest BCUT2D eigenvalue weighted by atomic mass is 35.5. The number of rotatable bonds is 6. The van der Waals surface area contributed by atoms with E-state index in [0.29, 0.717) is 40.3 Å². The molecule has 0 unspecified atom stereocenters. The number of nitrogens with zero attached hydrogens (tertiary/aromatic N) is 5. The largest absolute Gasteiger partial charge is 0.373 e. The van der Waals surface area contributed by atoms with Crippen molar-refractivity contribution in [2.45, 2.75) is 13.5 Å². The van der Waals surface area contributed by atoms with Crippen molar-refractivity contribution >= 4 is 29.1 Å². The van der Waals surface area contributed by atoms with Gasteiger partial charge < -0.3 is 16.0 Å². The summed E-state index contributed by atoms with van der Waals surface area (Å²) in [5.41, 5.74) is 3.20. The van der Waals surface area contributed by atoms with Crippen LogP contribution in [0.2, 0.25) is 5.02 Å².